The molecule has 116 valence electrons. The Bertz CT molecular complexity index is 805. The highest BCUT2D eigenvalue weighted by Crippen LogP contribution is 2.16. The first-order valence-corrected chi connectivity index (χ1v) is 7.79. The molecule has 23 heavy (non-hydrogen) atoms. The fraction of sp³-hybridized carbons (Fsp3) is 0.125. The van der Waals surface area contributed by atoms with Crippen molar-refractivity contribution in [1.29, 1.82) is 0 Å². The van der Waals surface area contributed by atoms with Crippen molar-refractivity contribution in [3.05, 3.63) is 59.0 Å². The number of halogens is 1. The molecule has 0 spiro atoms. The Morgan fingerprint density at radius 3 is 2.91 bits per heavy atom. The van der Waals surface area contributed by atoms with Crippen LogP contribution >= 0.6 is 15.9 Å². The molecule has 1 aromatic carbocycles. The highest BCUT2D eigenvalue weighted by Gasteiger charge is 2.11. The molecule has 0 fully saturated rings. The third-order valence-corrected chi connectivity index (χ3v) is 3.53. The van der Waals surface area contributed by atoms with Gasteiger partial charge < -0.3 is 9.84 Å². The van der Waals surface area contributed by atoms with Crippen LogP contribution in [0.4, 0.5) is 5.69 Å². The lowest BCUT2D eigenvalue weighted by Gasteiger charge is -2.04. The second kappa shape index (κ2) is 7.15. The maximum absolute atomic E-state index is 11.9. The van der Waals surface area contributed by atoms with E-state index in [2.05, 4.69) is 36.4 Å². The third kappa shape index (κ3) is 4.23. The Hall–Kier alpha value is -2.54. The van der Waals surface area contributed by atoms with Gasteiger partial charge in [-0.2, -0.15) is 4.98 Å². The number of nitrogens with zero attached hydrogens (tertiary/aromatic N) is 3. The van der Waals surface area contributed by atoms with Gasteiger partial charge in [0.05, 0.1) is 0 Å². The molecule has 0 saturated carbocycles. The highest BCUT2D eigenvalue weighted by atomic mass is 79.9. The Labute approximate surface area is 141 Å². The van der Waals surface area contributed by atoms with Crippen molar-refractivity contribution < 1.29 is 9.32 Å². The summed E-state index contributed by atoms with van der Waals surface area (Å²) in [7, 11) is 0. The molecule has 1 amide bonds. The lowest BCUT2D eigenvalue weighted by Crippen LogP contribution is -2.12. The number of carbonyl (C=O) groups is 1. The molecule has 0 saturated heterocycles. The summed E-state index contributed by atoms with van der Waals surface area (Å²) >= 11 is 3.36. The number of hydrogen-bond donors (Lipinski definition) is 1. The number of pyridine rings is 1. The van der Waals surface area contributed by atoms with Crippen molar-refractivity contribution in [2.45, 2.75) is 12.8 Å². The first-order valence-electron chi connectivity index (χ1n) is 7.00. The molecule has 7 heteroatoms. The van der Waals surface area contributed by atoms with Crippen LogP contribution < -0.4 is 5.32 Å². The van der Waals surface area contributed by atoms with Gasteiger partial charge in [0, 0.05) is 29.2 Å². The minimum Gasteiger partial charge on any atom is -0.339 e. The fourth-order valence-corrected chi connectivity index (χ4v) is 2.36. The van der Waals surface area contributed by atoms with E-state index in [0.717, 1.165) is 10.2 Å². The number of anilines is 1. The topological polar surface area (TPSA) is 80.9 Å². The summed E-state index contributed by atoms with van der Waals surface area (Å²) in [4.78, 5) is 20.3. The first kappa shape index (κ1) is 15.4. The van der Waals surface area contributed by atoms with Crippen LogP contribution in [-0.4, -0.2) is 21.0 Å². The zero-order chi connectivity index (χ0) is 16.1. The van der Waals surface area contributed by atoms with Gasteiger partial charge in [0.25, 0.3) is 0 Å². The van der Waals surface area contributed by atoms with Crippen molar-refractivity contribution in [1.82, 2.24) is 15.1 Å². The number of aromatic nitrogens is 3. The lowest BCUT2D eigenvalue weighted by molar-refractivity contribution is -0.116. The molecule has 1 N–H and O–H groups in total. The molecule has 2 heterocycles. The largest absolute Gasteiger partial charge is 0.339 e. The molecular formula is C16H13BrN4O2. The van der Waals surface area contributed by atoms with Gasteiger partial charge in [-0.3, -0.25) is 9.78 Å². The summed E-state index contributed by atoms with van der Waals surface area (Å²) in [5.41, 5.74) is 1.38. The summed E-state index contributed by atoms with van der Waals surface area (Å²) in [5.74, 6) is 0.726. The zero-order valence-electron chi connectivity index (χ0n) is 12.1. The van der Waals surface area contributed by atoms with Crippen LogP contribution in [0.3, 0.4) is 0 Å². The summed E-state index contributed by atoms with van der Waals surface area (Å²) in [5, 5.41) is 6.69. The van der Waals surface area contributed by atoms with Crippen LogP contribution in [0, 0.1) is 0 Å². The molecule has 2 aromatic heterocycles. The molecule has 0 atom stereocenters. The van der Waals surface area contributed by atoms with Gasteiger partial charge in [0.1, 0.15) is 5.69 Å². The van der Waals surface area contributed by atoms with E-state index in [4.69, 9.17) is 4.52 Å². The quantitative estimate of drug-likeness (QED) is 0.741. The number of hydrogen-bond acceptors (Lipinski definition) is 5. The van der Waals surface area contributed by atoms with Crippen LogP contribution in [0.5, 0.6) is 0 Å². The molecular weight excluding hydrogens is 360 g/mol. The summed E-state index contributed by atoms with van der Waals surface area (Å²) in [6.07, 6.45) is 2.30. The van der Waals surface area contributed by atoms with E-state index in [0.29, 0.717) is 23.8 Å². The van der Waals surface area contributed by atoms with Crippen molar-refractivity contribution in [2.75, 3.05) is 5.32 Å². The smallest absolute Gasteiger partial charge is 0.227 e. The van der Waals surface area contributed by atoms with Crippen LogP contribution in [0.1, 0.15) is 12.3 Å². The monoisotopic (exact) mass is 372 g/mol. The summed E-state index contributed by atoms with van der Waals surface area (Å²) < 4.78 is 6.06. The normalized spacial score (nSPS) is 10.5. The molecule has 6 nitrogen and oxygen atoms in total. The van der Waals surface area contributed by atoms with Gasteiger partial charge in [-0.05, 0) is 30.3 Å². The van der Waals surface area contributed by atoms with E-state index in [1.807, 2.05) is 36.4 Å². The van der Waals surface area contributed by atoms with Crippen LogP contribution in [-0.2, 0) is 11.2 Å². The average molecular weight is 373 g/mol. The highest BCUT2D eigenvalue weighted by molar-refractivity contribution is 9.10. The summed E-state index contributed by atoms with van der Waals surface area (Å²) in [6.45, 7) is 0. The molecule has 3 rings (SSSR count). The Balaban J connectivity index is 1.56. The van der Waals surface area contributed by atoms with Crippen molar-refractivity contribution in [2.24, 2.45) is 0 Å². The second-order valence-corrected chi connectivity index (χ2v) is 5.70. The minimum absolute atomic E-state index is 0.110. The predicted octanol–water partition coefficient (Wildman–Crippen LogP) is 3.47. The Morgan fingerprint density at radius 1 is 1.22 bits per heavy atom. The molecule has 0 bridgehead atoms. The van der Waals surface area contributed by atoms with Crippen LogP contribution in [0.25, 0.3) is 11.5 Å². The lowest BCUT2D eigenvalue weighted by atomic mass is 10.2. The Morgan fingerprint density at radius 2 is 2.13 bits per heavy atom. The van der Waals surface area contributed by atoms with Crippen molar-refractivity contribution in [3.8, 4) is 11.5 Å². The first-order chi connectivity index (χ1) is 11.2. The number of amides is 1. The predicted molar refractivity (Wildman–Crippen MR) is 88.6 cm³/mol. The van der Waals surface area contributed by atoms with Crippen molar-refractivity contribution >= 4 is 27.5 Å². The number of benzene rings is 1. The van der Waals surface area contributed by atoms with E-state index < -0.39 is 0 Å². The van der Waals surface area contributed by atoms with Gasteiger partial charge in [0.2, 0.25) is 17.6 Å². The maximum atomic E-state index is 11.9. The Kier molecular flexibility index (Phi) is 4.77. The van der Waals surface area contributed by atoms with Gasteiger partial charge in [-0.1, -0.05) is 33.2 Å². The van der Waals surface area contributed by atoms with E-state index in [-0.39, 0.29) is 12.3 Å². The van der Waals surface area contributed by atoms with E-state index >= 15 is 0 Å². The molecule has 0 aliphatic heterocycles. The zero-order valence-corrected chi connectivity index (χ0v) is 13.7. The van der Waals surface area contributed by atoms with Crippen molar-refractivity contribution in [3.63, 3.8) is 0 Å². The van der Waals surface area contributed by atoms with Gasteiger partial charge in [0.15, 0.2) is 0 Å². The molecule has 0 aliphatic carbocycles. The minimum atomic E-state index is -0.110. The average Bonchev–Trinajstić information content (AvgIpc) is 3.03. The number of carbonyl (C=O) groups excluding carboxylic acids is 1. The molecule has 3 aromatic rings. The van der Waals surface area contributed by atoms with E-state index in [1.54, 1.807) is 12.3 Å². The number of rotatable bonds is 5. The van der Waals surface area contributed by atoms with Gasteiger partial charge >= 0.3 is 0 Å². The molecule has 0 radical (unpaired) electrons. The van der Waals surface area contributed by atoms with Crippen LogP contribution in [0.15, 0.2) is 57.7 Å². The third-order valence-electron chi connectivity index (χ3n) is 3.04. The SMILES string of the molecule is O=C(CCc1nc(-c2ccccn2)no1)Nc1cccc(Br)c1. The van der Waals surface area contributed by atoms with E-state index in [1.165, 1.54) is 0 Å². The van der Waals surface area contributed by atoms with Crippen LogP contribution in [0.2, 0.25) is 0 Å². The maximum Gasteiger partial charge on any atom is 0.227 e. The molecule has 0 unspecified atom stereocenters. The molecule has 0 aliphatic rings. The van der Waals surface area contributed by atoms with E-state index in [9.17, 15) is 4.79 Å². The number of nitrogens with one attached hydrogen (secondary N) is 1. The fourth-order valence-electron chi connectivity index (χ4n) is 1.97. The standard InChI is InChI=1S/C16H13BrN4O2/c17-11-4-3-5-12(10-11)19-14(22)7-8-15-20-16(21-23-15)13-6-1-2-9-18-13/h1-6,9-10H,7-8H2,(H,19,22). The number of aryl methyl sites for hydroxylation is 1. The second-order valence-electron chi connectivity index (χ2n) is 4.79. The summed E-state index contributed by atoms with van der Waals surface area (Å²) in [6, 6.07) is 12.9. The van der Waals surface area contributed by atoms with Gasteiger partial charge in [-0.15, -0.1) is 0 Å². The van der Waals surface area contributed by atoms with Gasteiger partial charge in [-0.25, -0.2) is 0 Å².